The number of halogens is 1. The van der Waals surface area contributed by atoms with Crippen LogP contribution >= 0.6 is 0 Å². The summed E-state index contributed by atoms with van der Waals surface area (Å²) in [6.07, 6.45) is 1.06. The Kier molecular flexibility index (Phi) is 7.04. The molecular formula is C23H29FN2O4. The SMILES string of the molecule is COc1ccccc1OCCCN1C[C@@H]2OCC(Nc3cccc(F)c3)CO[C@H]2C1. The first kappa shape index (κ1) is 20.9. The van der Waals surface area contributed by atoms with Crippen molar-refractivity contribution in [2.24, 2.45) is 0 Å². The fraction of sp³-hybridized carbons (Fsp3) is 0.478. The maximum absolute atomic E-state index is 13.4. The van der Waals surface area contributed by atoms with Gasteiger partial charge in [-0.15, -0.1) is 0 Å². The largest absolute Gasteiger partial charge is 0.493 e. The number of hydrogen-bond acceptors (Lipinski definition) is 6. The molecule has 2 saturated heterocycles. The summed E-state index contributed by atoms with van der Waals surface area (Å²) in [7, 11) is 1.65. The summed E-state index contributed by atoms with van der Waals surface area (Å²) in [5.74, 6) is 1.27. The Labute approximate surface area is 176 Å². The monoisotopic (exact) mass is 416 g/mol. The van der Waals surface area contributed by atoms with Gasteiger partial charge in [0.2, 0.25) is 0 Å². The zero-order valence-electron chi connectivity index (χ0n) is 17.3. The van der Waals surface area contributed by atoms with Crippen molar-refractivity contribution in [1.29, 1.82) is 0 Å². The lowest BCUT2D eigenvalue weighted by Gasteiger charge is -2.20. The second-order valence-corrected chi connectivity index (χ2v) is 7.71. The van der Waals surface area contributed by atoms with Crippen LogP contribution in [-0.2, 0) is 9.47 Å². The van der Waals surface area contributed by atoms with Crippen LogP contribution in [0.4, 0.5) is 10.1 Å². The van der Waals surface area contributed by atoms with E-state index in [9.17, 15) is 4.39 Å². The van der Waals surface area contributed by atoms with Crippen molar-refractivity contribution in [3.05, 3.63) is 54.3 Å². The van der Waals surface area contributed by atoms with Gasteiger partial charge in [-0.05, 0) is 36.8 Å². The number of nitrogens with one attached hydrogen (secondary N) is 1. The van der Waals surface area contributed by atoms with Crippen LogP contribution in [0.5, 0.6) is 11.5 Å². The van der Waals surface area contributed by atoms with E-state index < -0.39 is 0 Å². The summed E-state index contributed by atoms with van der Waals surface area (Å²) in [4.78, 5) is 2.36. The third-order valence-electron chi connectivity index (χ3n) is 5.45. The first-order valence-corrected chi connectivity index (χ1v) is 10.4. The number of benzene rings is 2. The Balaban J connectivity index is 1.18. The maximum atomic E-state index is 13.4. The molecule has 2 aliphatic heterocycles. The fourth-order valence-corrected chi connectivity index (χ4v) is 3.95. The minimum Gasteiger partial charge on any atom is -0.493 e. The van der Waals surface area contributed by atoms with E-state index in [1.54, 1.807) is 13.2 Å². The molecule has 2 aromatic rings. The summed E-state index contributed by atoms with van der Waals surface area (Å²) >= 11 is 0. The van der Waals surface area contributed by atoms with E-state index in [0.717, 1.165) is 43.2 Å². The van der Waals surface area contributed by atoms with Gasteiger partial charge in [0.05, 0.1) is 45.2 Å². The zero-order valence-corrected chi connectivity index (χ0v) is 17.3. The molecule has 30 heavy (non-hydrogen) atoms. The Hall–Kier alpha value is -2.35. The molecule has 2 atom stereocenters. The van der Waals surface area contributed by atoms with Crippen LogP contribution in [-0.4, -0.2) is 69.7 Å². The molecule has 7 heteroatoms. The van der Waals surface area contributed by atoms with Crippen molar-refractivity contribution in [2.45, 2.75) is 24.7 Å². The van der Waals surface area contributed by atoms with Crippen molar-refractivity contribution in [2.75, 3.05) is 51.9 Å². The molecular weight excluding hydrogens is 387 g/mol. The number of hydrogen-bond donors (Lipinski definition) is 1. The third kappa shape index (κ3) is 5.41. The molecule has 0 aromatic heterocycles. The van der Waals surface area contributed by atoms with Crippen molar-refractivity contribution >= 4 is 5.69 Å². The summed E-state index contributed by atoms with van der Waals surface area (Å²) in [6.45, 7) is 4.36. The van der Waals surface area contributed by atoms with Gasteiger partial charge in [-0.2, -0.15) is 0 Å². The minimum absolute atomic E-state index is 0.0140. The molecule has 2 heterocycles. The standard InChI is InChI=1S/C23H29FN2O4/c1-27-20-8-2-3-9-21(20)28-11-5-10-26-13-22-23(14-26)30-16-19(15-29-22)25-18-7-4-6-17(24)12-18/h2-4,6-9,12,19,22-23,25H,5,10-11,13-16H2,1H3/t22-,23-/m0/s1. The number of fused-ring (bicyclic) bond motifs is 1. The lowest BCUT2D eigenvalue weighted by molar-refractivity contribution is -0.00461. The van der Waals surface area contributed by atoms with Gasteiger partial charge in [0.15, 0.2) is 11.5 Å². The molecule has 4 rings (SSSR count). The Morgan fingerprint density at radius 3 is 2.47 bits per heavy atom. The van der Waals surface area contributed by atoms with E-state index in [1.165, 1.54) is 12.1 Å². The van der Waals surface area contributed by atoms with Crippen molar-refractivity contribution < 1.29 is 23.3 Å². The van der Waals surface area contributed by atoms with E-state index in [0.29, 0.717) is 19.8 Å². The molecule has 0 saturated carbocycles. The maximum Gasteiger partial charge on any atom is 0.161 e. The van der Waals surface area contributed by atoms with Gasteiger partial charge in [-0.1, -0.05) is 18.2 Å². The lowest BCUT2D eigenvalue weighted by Crippen LogP contribution is -2.31. The molecule has 0 aliphatic carbocycles. The summed E-state index contributed by atoms with van der Waals surface area (Å²) in [5.41, 5.74) is 0.746. The van der Waals surface area contributed by atoms with Crippen LogP contribution in [0.3, 0.4) is 0 Å². The number of methoxy groups -OCH3 is 1. The molecule has 162 valence electrons. The topological polar surface area (TPSA) is 52.2 Å². The number of ether oxygens (including phenoxy) is 4. The highest BCUT2D eigenvalue weighted by molar-refractivity contribution is 5.44. The molecule has 6 nitrogen and oxygen atoms in total. The first-order chi connectivity index (χ1) is 14.7. The second-order valence-electron chi connectivity index (χ2n) is 7.71. The average molecular weight is 416 g/mol. The van der Waals surface area contributed by atoms with Gasteiger partial charge in [-0.25, -0.2) is 4.39 Å². The van der Waals surface area contributed by atoms with Gasteiger partial charge < -0.3 is 24.3 Å². The van der Waals surface area contributed by atoms with Crippen LogP contribution in [0.15, 0.2) is 48.5 Å². The van der Waals surface area contributed by atoms with Gasteiger partial charge in [-0.3, -0.25) is 4.90 Å². The van der Waals surface area contributed by atoms with E-state index in [-0.39, 0.29) is 24.1 Å². The smallest absolute Gasteiger partial charge is 0.161 e. The Morgan fingerprint density at radius 2 is 1.77 bits per heavy atom. The van der Waals surface area contributed by atoms with Crippen LogP contribution in [0.2, 0.25) is 0 Å². The van der Waals surface area contributed by atoms with E-state index in [4.69, 9.17) is 18.9 Å². The minimum atomic E-state index is -0.252. The van der Waals surface area contributed by atoms with Crippen LogP contribution in [0.1, 0.15) is 6.42 Å². The molecule has 1 N–H and O–H groups in total. The molecule has 2 aliphatic rings. The highest BCUT2D eigenvalue weighted by Crippen LogP contribution is 2.26. The second kappa shape index (κ2) is 10.1. The molecule has 2 aromatic carbocycles. The molecule has 2 fully saturated rings. The van der Waals surface area contributed by atoms with Crippen molar-refractivity contribution in [1.82, 2.24) is 4.90 Å². The van der Waals surface area contributed by atoms with Crippen LogP contribution < -0.4 is 14.8 Å². The molecule has 0 amide bonds. The number of nitrogens with zero attached hydrogens (tertiary/aromatic N) is 1. The van der Waals surface area contributed by atoms with E-state index >= 15 is 0 Å². The predicted octanol–water partition coefficient (Wildman–Crippen LogP) is 3.18. The summed E-state index contributed by atoms with van der Waals surface area (Å²) in [6, 6.07) is 14.2. The summed E-state index contributed by atoms with van der Waals surface area (Å²) < 4.78 is 36.8. The van der Waals surface area contributed by atoms with Gasteiger partial charge in [0, 0.05) is 25.3 Å². The van der Waals surface area contributed by atoms with Gasteiger partial charge in [0.1, 0.15) is 5.82 Å². The highest BCUT2D eigenvalue weighted by Gasteiger charge is 2.37. The number of likely N-dealkylation sites (tertiary alicyclic amines) is 1. The number of rotatable bonds is 8. The highest BCUT2D eigenvalue weighted by atomic mass is 19.1. The molecule has 0 unspecified atom stereocenters. The van der Waals surface area contributed by atoms with E-state index in [2.05, 4.69) is 10.2 Å². The average Bonchev–Trinajstić information content (AvgIpc) is 3.06. The quantitative estimate of drug-likeness (QED) is 0.667. The van der Waals surface area contributed by atoms with Crippen LogP contribution in [0, 0.1) is 5.82 Å². The van der Waals surface area contributed by atoms with E-state index in [1.807, 2.05) is 30.3 Å². The lowest BCUT2D eigenvalue weighted by atomic mass is 10.2. The van der Waals surface area contributed by atoms with Crippen molar-refractivity contribution in [3.8, 4) is 11.5 Å². The first-order valence-electron chi connectivity index (χ1n) is 10.4. The van der Waals surface area contributed by atoms with Crippen molar-refractivity contribution in [3.63, 3.8) is 0 Å². The van der Waals surface area contributed by atoms with Gasteiger partial charge in [0.25, 0.3) is 0 Å². The normalized spacial score (nSPS) is 22.3. The Bertz CT molecular complexity index is 805. The Morgan fingerprint density at radius 1 is 1.03 bits per heavy atom. The number of para-hydroxylation sites is 2. The molecule has 0 spiro atoms. The van der Waals surface area contributed by atoms with Crippen LogP contribution in [0.25, 0.3) is 0 Å². The third-order valence-corrected chi connectivity index (χ3v) is 5.45. The fourth-order valence-electron chi connectivity index (χ4n) is 3.95. The zero-order chi connectivity index (χ0) is 20.8. The number of anilines is 1. The summed E-state index contributed by atoms with van der Waals surface area (Å²) in [5, 5.41) is 3.30. The molecule has 0 bridgehead atoms. The van der Waals surface area contributed by atoms with Gasteiger partial charge >= 0.3 is 0 Å². The predicted molar refractivity (Wildman–Crippen MR) is 113 cm³/mol. The molecule has 0 radical (unpaired) electrons.